The summed E-state index contributed by atoms with van der Waals surface area (Å²) < 4.78 is 48.6. The summed E-state index contributed by atoms with van der Waals surface area (Å²) in [6, 6.07) is 13.8. The third-order valence-corrected chi connectivity index (χ3v) is 14.6. The van der Waals surface area contributed by atoms with Gasteiger partial charge in [0, 0.05) is 30.4 Å². The summed E-state index contributed by atoms with van der Waals surface area (Å²) in [7, 11) is -6.65. The molecule has 4 rings (SSSR count). The highest BCUT2D eigenvalue weighted by atomic mass is 32.2. The lowest BCUT2D eigenvalue weighted by atomic mass is 10.1. The van der Waals surface area contributed by atoms with Gasteiger partial charge in [-0.05, 0) is 69.1 Å². The van der Waals surface area contributed by atoms with Crippen molar-refractivity contribution in [1.82, 2.24) is 19.9 Å². The van der Waals surface area contributed by atoms with Crippen molar-refractivity contribution >= 4 is 41.5 Å². The number of sulfonamides is 1. The first-order valence-electron chi connectivity index (χ1n) is 16.2. The predicted octanol–water partition coefficient (Wildman–Crippen LogP) is 6.82. The second-order valence-electron chi connectivity index (χ2n) is 14.2. The summed E-state index contributed by atoms with van der Waals surface area (Å²) in [5.74, 6) is 0.344. The van der Waals surface area contributed by atoms with Crippen LogP contribution in [0.1, 0.15) is 48.0 Å². The number of carbonyl (C=O) groups is 1. The molecule has 0 aliphatic rings. The molecule has 0 unspecified atom stereocenters. The number of benzene rings is 2. The molecule has 0 bridgehead atoms. The van der Waals surface area contributed by atoms with Gasteiger partial charge >= 0.3 is 6.09 Å². The smallest absolute Gasteiger partial charge is 0.407 e. The van der Waals surface area contributed by atoms with Gasteiger partial charge < -0.3 is 19.2 Å². The molecule has 0 saturated carbocycles. The molecule has 1 amide bonds. The molecular formula is C34H46N6O8SSi. The molecule has 14 nitrogen and oxygen atoms in total. The van der Waals surface area contributed by atoms with Crippen molar-refractivity contribution in [3.63, 3.8) is 0 Å². The monoisotopic (exact) mass is 726 g/mol. The minimum atomic E-state index is -4.41. The van der Waals surface area contributed by atoms with Crippen molar-refractivity contribution in [2.24, 2.45) is 0 Å². The standard InChI is InChI=1S/C34H46N6O8SSi/c1-33(2,3)48-32(41)35-18-12-21-46-30-17-19-38-31(37-30)27(24-36-38)25-13-11-14-26(23-25)39(20-22-47-50(7,8)34(4,5)6)49(44,45)29-16-10-9-15-28(29)40(42)43/h9-11,13-17,19,23-24H,12,18,20-22H2,1-8H3,(H,35,41). The number of hydrogen-bond acceptors (Lipinski definition) is 10. The van der Waals surface area contributed by atoms with Crippen molar-refractivity contribution in [2.75, 3.05) is 30.6 Å². The van der Waals surface area contributed by atoms with Crippen LogP contribution in [0.2, 0.25) is 18.1 Å². The average molecular weight is 727 g/mol. The molecular weight excluding hydrogens is 681 g/mol. The summed E-state index contributed by atoms with van der Waals surface area (Å²) in [4.78, 5) is 27.3. The molecule has 0 radical (unpaired) electrons. The second kappa shape index (κ2) is 15.1. The Bertz CT molecular complexity index is 1940. The number of nitro groups is 1. The Morgan fingerprint density at radius 1 is 1.04 bits per heavy atom. The molecule has 4 aromatic rings. The molecule has 2 aromatic carbocycles. The largest absolute Gasteiger partial charge is 0.478 e. The van der Waals surface area contributed by atoms with E-state index < -0.39 is 45.5 Å². The Hall–Kier alpha value is -4.54. The van der Waals surface area contributed by atoms with E-state index >= 15 is 0 Å². The molecule has 0 aliphatic heterocycles. The summed E-state index contributed by atoms with van der Waals surface area (Å²) in [5, 5.41) is 18.9. The molecule has 2 heterocycles. The van der Waals surface area contributed by atoms with Crippen molar-refractivity contribution < 1.29 is 32.0 Å². The lowest BCUT2D eigenvalue weighted by Crippen LogP contribution is -2.43. The molecule has 270 valence electrons. The first-order valence-corrected chi connectivity index (χ1v) is 20.6. The van der Waals surface area contributed by atoms with E-state index in [1.807, 2.05) is 0 Å². The highest BCUT2D eigenvalue weighted by Crippen LogP contribution is 2.37. The zero-order valence-corrected chi connectivity index (χ0v) is 31.6. The van der Waals surface area contributed by atoms with Gasteiger partial charge in [0.2, 0.25) is 5.88 Å². The lowest BCUT2D eigenvalue weighted by Gasteiger charge is -2.37. The van der Waals surface area contributed by atoms with E-state index in [0.717, 1.165) is 4.31 Å². The fourth-order valence-corrected chi connectivity index (χ4v) is 7.29. The minimum Gasteiger partial charge on any atom is -0.478 e. The highest BCUT2D eigenvalue weighted by Gasteiger charge is 2.38. The second-order valence-corrected chi connectivity index (χ2v) is 20.8. The van der Waals surface area contributed by atoms with Gasteiger partial charge in [-0.15, -0.1) is 0 Å². The van der Waals surface area contributed by atoms with Gasteiger partial charge in [0.05, 0.1) is 36.6 Å². The third kappa shape index (κ3) is 9.37. The summed E-state index contributed by atoms with van der Waals surface area (Å²) in [6.45, 7) is 16.5. The van der Waals surface area contributed by atoms with E-state index in [-0.39, 0.29) is 24.8 Å². The number of nitrogens with one attached hydrogen (secondary N) is 1. The number of ether oxygens (including phenoxy) is 2. The van der Waals surface area contributed by atoms with Gasteiger partial charge in [-0.2, -0.15) is 10.1 Å². The van der Waals surface area contributed by atoms with Gasteiger partial charge in [-0.25, -0.2) is 17.7 Å². The van der Waals surface area contributed by atoms with Gasteiger partial charge in [-0.1, -0.05) is 45.0 Å². The Balaban J connectivity index is 1.61. The van der Waals surface area contributed by atoms with Crippen molar-refractivity contribution in [3.05, 3.63) is 77.1 Å². The molecule has 2 aromatic heterocycles. The molecule has 0 atom stereocenters. The zero-order valence-electron chi connectivity index (χ0n) is 29.8. The van der Waals surface area contributed by atoms with Crippen LogP contribution in [0.5, 0.6) is 5.88 Å². The normalized spacial score (nSPS) is 12.5. The number of nitro benzene ring substituents is 1. The third-order valence-electron chi connectivity index (χ3n) is 8.22. The van der Waals surface area contributed by atoms with Gasteiger partial charge in [0.1, 0.15) is 5.60 Å². The summed E-state index contributed by atoms with van der Waals surface area (Å²) in [5.41, 5.74) is 0.904. The molecule has 0 aliphatic carbocycles. The first-order chi connectivity index (χ1) is 23.3. The van der Waals surface area contributed by atoms with Crippen molar-refractivity contribution in [1.29, 1.82) is 0 Å². The maximum absolute atomic E-state index is 14.2. The number of alkyl carbamates (subject to hydrolysis) is 1. The van der Waals surface area contributed by atoms with Crippen LogP contribution < -0.4 is 14.4 Å². The highest BCUT2D eigenvalue weighted by molar-refractivity contribution is 7.93. The fraction of sp³-hybridized carbons (Fsp3) is 0.441. The fourth-order valence-electron chi connectivity index (χ4n) is 4.65. The van der Waals surface area contributed by atoms with Crippen LogP contribution in [-0.2, 0) is 19.2 Å². The van der Waals surface area contributed by atoms with Crippen LogP contribution in [-0.4, -0.2) is 74.3 Å². The summed E-state index contributed by atoms with van der Waals surface area (Å²) >= 11 is 0. The Labute approximate surface area is 294 Å². The van der Waals surface area contributed by atoms with Crippen LogP contribution in [0.25, 0.3) is 16.8 Å². The number of amides is 1. The molecule has 0 fully saturated rings. The van der Waals surface area contributed by atoms with E-state index in [2.05, 4.69) is 49.3 Å². The number of carbonyl (C=O) groups excluding carboxylic acids is 1. The molecule has 0 spiro atoms. The first kappa shape index (κ1) is 38.3. The zero-order chi connectivity index (χ0) is 36.9. The van der Waals surface area contributed by atoms with Crippen LogP contribution in [0.3, 0.4) is 0 Å². The molecule has 50 heavy (non-hydrogen) atoms. The number of hydrogen-bond donors (Lipinski definition) is 1. The number of fused-ring (bicyclic) bond motifs is 1. The van der Waals surface area contributed by atoms with Gasteiger partial charge in [-0.3, -0.25) is 14.4 Å². The molecule has 1 N–H and O–H groups in total. The number of rotatable bonds is 14. The summed E-state index contributed by atoms with van der Waals surface area (Å²) in [6.07, 6.45) is 3.34. The molecule has 16 heteroatoms. The van der Waals surface area contributed by atoms with Gasteiger partial charge in [0.15, 0.2) is 18.9 Å². The number of para-hydroxylation sites is 1. The number of nitrogens with zero attached hydrogens (tertiary/aromatic N) is 5. The van der Waals surface area contributed by atoms with E-state index in [0.29, 0.717) is 41.3 Å². The minimum absolute atomic E-state index is 0.0713. The van der Waals surface area contributed by atoms with E-state index in [4.69, 9.17) is 13.9 Å². The van der Waals surface area contributed by atoms with E-state index in [1.165, 1.54) is 24.3 Å². The van der Waals surface area contributed by atoms with E-state index in [1.54, 1.807) is 68.0 Å². The maximum atomic E-state index is 14.2. The van der Waals surface area contributed by atoms with Crippen molar-refractivity contribution in [3.8, 4) is 17.0 Å². The van der Waals surface area contributed by atoms with Crippen LogP contribution in [0.4, 0.5) is 16.2 Å². The average Bonchev–Trinajstić information content (AvgIpc) is 3.45. The van der Waals surface area contributed by atoms with Crippen LogP contribution in [0, 0.1) is 10.1 Å². The van der Waals surface area contributed by atoms with Gasteiger partial charge in [0.25, 0.3) is 15.7 Å². The Morgan fingerprint density at radius 2 is 1.76 bits per heavy atom. The van der Waals surface area contributed by atoms with Crippen LogP contribution in [0.15, 0.2) is 71.9 Å². The van der Waals surface area contributed by atoms with Crippen molar-refractivity contribution in [2.45, 2.75) is 76.6 Å². The van der Waals surface area contributed by atoms with Crippen LogP contribution >= 0.6 is 0 Å². The predicted molar refractivity (Wildman–Crippen MR) is 194 cm³/mol. The quantitative estimate of drug-likeness (QED) is 0.0631. The van der Waals surface area contributed by atoms with E-state index in [9.17, 15) is 23.3 Å². The SMILES string of the molecule is CC(C)(C)OC(=O)NCCCOc1ccn2ncc(-c3cccc(N(CCO[Si](C)(C)C(C)(C)C)S(=O)(=O)c4ccccc4[N+](=O)[O-])c3)c2n1. The lowest BCUT2D eigenvalue weighted by molar-refractivity contribution is -0.387. The number of aromatic nitrogens is 3. The molecule has 0 saturated heterocycles. The number of anilines is 1. The Kier molecular flexibility index (Phi) is 11.6. The Morgan fingerprint density at radius 3 is 2.44 bits per heavy atom. The topological polar surface area (TPSA) is 168 Å². The maximum Gasteiger partial charge on any atom is 0.407 e.